The highest BCUT2D eigenvalue weighted by atomic mass is 32.2. The maximum Gasteiger partial charge on any atom is 0.347 e. The van der Waals surface area contributed by atoms with Crippen LogP contribution in [0.1, 0.15) is 32.6 Å². The molecule has 0 saturated carbocycles. The van der Waals surface area contributed by atoms with Crippen LogP contribution in [0, 0.1) is 0 Å². The highest BCUT2D eigenvalue weighted by Gasteiger charge is 2.53. The number of nitrogens with one attached hydrogen (secondary N) is 1. The van der Waals surface area contributed by atoms with E-state index in [2.05, 4.69) is 5.32 Å². The van der Waals surface area contributed by atoms with Gasteiger partial charge in [0, 0.05) is 11.8 Å². The number of hydrogen-bond donors (Lipinski definition) is 1. The maximum atomic E-state index is 12.3. The highest BCUT2D eigenvalue weighted by Crippen LogP contribution is 2.40. The predicted octanol–water partition coefficient (Wildman–Crippen LogP) is 1.17. The van der Waals surface area contributed by atoms with Gasteiger partial charge in [-0.25, -0.2) is 9.59 Å². The normalized spacial score (nSPS) is 27.5. The van der Waals surface area contributed by atoms with E-state index >= 15 is 0 Å². The molecule has 2 fully saturated rings. The summed E-state index contributed by atoms with van der Waals surface area (Å²) >= 11 is 0. The predicted molar refractivity (Wildman–Crippen MR) is 124 cm³/mol. The number of rotatable bonds is 10. The molecular formula is C23H31NO11S. The highest BCUT2D eigenvalue weighted by molar-refractivity contribution is 7.86. The van der Waals surface area contributed by atoms with Crippen LogP contribution in [0.25, 0.3) is 0 Å². The van der Waals surface area contributed by atoms with Crippen LogP contribution in [0.5, 0.6) is 5.75 Å². The summed E-state index contributed by atoms with van der Waals surface area (Å²) in [5, 5.41) is 2.86. The first-order valence-corrected chi connectivity index (χ1v) is 13.2. The second kappa shape index (κ2) is 12.0. The Morgan fingerprint density at radius 1 is 1.00 bits per heavy atom. The summed E-state index contributed by atoms with van der Waals surface area (Å²) in [6.45, 7) is 4.95. The Morgan fingerprint density at radius 2 is 1.58 bits per heavy atom. The zero-order valence-corrected chi connectivity index (χ0v) is 21.5. The Hall–Kier alpha value is -2.71. The number of carbonyl (C=O) groups is 2. The van der Waals surface area contributed by atoms with E-state index in [0.717, 1.165) is 12.5 Å². The van der Waals surface area contributed by atoms with E-state index in [0.29, 0.717) is 11.3 Å². The fourth-order valence-electron chi connectivity index (χ4n) is 3.81. The van der Waals surface area contributed by atoms with E-state index < -0.39 is 59.0 Å². The lowest BCUT2D eigenvalue weighted by molar-refractivity contribution is -0.178. The van der Waals surface area contributed by atoms with Gasteiger partial charge in [-0.1, -0.05) is 12.1 Å². The van der Waals surface area contributed by atoms with E-state index in [1.807, 2.05) is 0 Å². The third-order valence-corrected chi connectivity index (χ3v) is 5.96. The number of esters is 2. The average molecular weight is 530 g/mol. The molecule has 2 aliphatic heterocycles. The smallest absolute Gasteiger partial charge is 0.347 e. The molecule has 0 aromatic heterocycles. The van der Waals surface area contributed by atoms with Crippen LogP contribution in [-0.2, 0) is 47.6 Å². The molecule has 200 valence electrons. The summed E-state index contributed by atoms with van der Waals surface area (Å²) in [4.78, 5) is 24.6. The van der Waals surface area contributed by atoms with Crippen LogP contribution in [0.15, 0.2) is 36.0 Å². The van der Waals surface area contributed by atoms with Crippen LogP contribution in [-0.4, -0.2) is 77.6 Å². The van der Waals surface area contributed by atoms with E-state index in [-0.39, 0.29) is 18.8 Å². The standard InChI is InChI=1S/C23H31NO11S/c1-6-30-21(25)16(22(26)31-7-2)12-24-20-19-18(17(13(3)32-20)35-36(5,27)28)33-23(34-19)14-8-10-15(29-4)11-9-14/h8-13,17-20,23-24H,6-7H2,1-5H3/t13-,17-,18+,19+,20-,23?/m0/s1. The molecular weight excluding hydrogens is 498 g/mol. The number of methoxy groups -OCH3 is 1. The average Bonchev–Trinajstić information content (AvgIpc) is 3.27. The molecule has 1 N–H and O–H groups in total. The maximum absolute atomic E-state index is 12.3. The molecule has 13 heteroatoms. The molecule has 1 unspecified atom stereocenters. The molecule has 1 aromatic rings. The summed E-state index contributed by atoms with van der Waals surface area (Å²) in [6.07, 6.45) is -3.25. The Kier molecular flexibility index (Phi) is 9.30. The van der Waals surface area contributed by atoms with Crippen molar-refractivity contribution in [2.45, 2.75) is 57.7 Å². The van der Waals surface area contributed by atoms with Crippen molar-refractivity contribution in [3.8, 4) is 5.75 Å². The molecule has 12 nitrogen and oxygen atoms in total. The first-order chi connectivity index (χ1) is 17.1. The van der Waals surface area contributed by atoms with Crippen molar-refractivity contribution < 1.29 is 50.6 Å². The molecule has 0 radical (unpaired) electrons. The number of benzene rings is 1. The van der Waals surface area contributed by atoms with Crippen LogP contribution < -0.4 is 10.1 Å². The number of ether oxygens (including phenoxy) is 6. The largest absolute Gasteiger partial charge is 0.497 e. The third-order valence-electron chi connectivity index (χ3n) is 5.39. The molecule has 0 aliphatic carbocycles. The zero-order valence-electron chi connectivity index (χ0n) is 20.7. The molecule has 0 bridgehead atoms. The zero-order chi connectivity index (χ0) is 26.5. The van der Waals surface area contributed by atoms with Crippen molar-refractivity contribution in [2.24, 2.45) is 0 Å². The second-order valence-electron chi connectivity index (χ2n) is 8.00. The molecule has 1 aromatic carbocycles. The Bertz CT molecular complexity index is 1040. The van der Waals surface area contributed by atoms with Gasteiger partial charge >= 0.3 is 11.9 Å². The minimum atomic E-state index is -3.85. The Labute approximate surface area is 209 Å². The van der Waals surface area contributed by atoms with Gasteiger partial charge < -0.3 is 33.7 Å². The van der Waals surface area contributed by atoms with Crippen molar-refractivity contribution in [2.75, 3.05) is 26.6 Å². The molecule has 2 saturated heterocycles. The summed E-state index contributed by atoms with van der Waals surface area (Å²) in [5.41, 5.74) is 0.288. The summed E-state index contributed by atoms with van der Waals surface area (Å²) < 4.78 is 62.3. The summed E-state index contributed by atoms with van der Waals surface area (Å²) in [5.74, 6) is -1.11. The molecule has 2 heterocycles. The van der Waals surface area contributed by atoms with Gasteiger partial charge in [-0.15, -0.1) is 0 Å². The van der Waals surface area contributed by atoms with Crippen LogP contribution in [0.2, 0.25) is 0 Å². The third kappa shape index (κ3) is 6.73. The van der Waals surface area contributed by atoms with Gasteiger partial charge in [0.05, 0.1) is 32.7 Å². The van der Waals surface area contributed by atoms with Crippen LogP contribution in [0.4, 0.5) is 0 Å². The van der Waals surface area contributed by atoms with Crippen molar-refractivity contribution in [1.82, 2.24) is 5.32 Å². The molecule has 6 atom stereocenters. The van der Waals surface area contributed by atoms with Crippen LogP contribution >= 0.6 is 0 Å². The molecule has 0 amide bonds. The van der Waals surface area contributed by atoms with E-state index in [1.54, 1.807) is 52.1 Å². The van der Waals surface area contributed by atoms with Gasteiger partial charge in [0.1, 0.15) is 24.1 Å². The van der Waals surface area contributed by atoms with E-state index in [4.69, 9.17) is 32.6 Å². The fraction of sp³-hybridized carbons (Fsp3) is 0.565. The summed E-state index contributed by atoms with van der Waals surface area (Å²) in [6, 6.07) is 6.97. The second-order valence-corrected chi connectivity index (χ2v) is 9.60. The van der Waals surface area contributed by atoms with E-state index in [9.17, 15) is 18.0 Å². The quantitative estimate of drug-likeness (QED) is 0.153. The number of carbonyl (C=O) groups excluding carboxylic acids is 2. The Morgan fingerprint density at radius 3 is 2.11 bits per heavy atom. The monoisotopic (exact) mass is 529 g/mol. The Balaban J connectivity index is 1.88. The van der Waals surface area contributed by atoms with Gasteiger partial charge in [-0.05, 0) is 32.9 Å². The lowest BCUT2D eigenvalue weighted by Gasteiger charge is -2.40. The number of hydrogen-bond acceptors (Lipinski definition) is 12. The molecule has 2 aliphatic rings. The first-order valence-electron chi connectivity index (χ1n) is 11.4. The van der Waals surface area contributed by atoms with Gasteiger partial charge in [-0.2, -0.15) is 8.42 Å². The topological polar surface area (TPSA) is 145 Å². The van der Waals surface area contributed by atoms with Crippen molar-refractivity contribution in [1.29, 1.82) is 0 Å². The molecule has 36 heavy (non-hydrogen) atoms. The minimum absolute atomic E-state index is 0.0578. The lowest BCUT2D eigenvalue weighted by Crippen LogP contribution is -2.60. The molecule has 3 rings (SSSR count). The fourth-order valence-corrected chi connectivity index (χ4v) is 4.47. The minimum Gasteiger partial charge on any atom is -0.497 e. The van der Waals surface area contributed by atoms with Gasteiger partial charge in [0.2, 0.25) is 0 Å². The van der Waals surface area contributed by atoms with Crippen molar-refractivity contribution in [3.05, 3.63) is 41.6 Å². The van der Waals surface area contributed by atoms with Crippen molar-refractivity contribution >= 4 is 22.1 Å². The molecule has 0 spiro atoms. The van der Waals surface area contributed by atoms with Gasteiger partial charge in [0.25, 0.3) is 10.1 Å². The summed E-state index contributed by atoms with van der Waals surface area (Å²) in [7, 11) is -2.31. The van der Waals surface area contributed by atoms with E-state index in [1.165, 1.54) is 0 Å². The number of fused-ring (bicyclic) bond motifs is 1. The lowest BCUT2D eigenvalue weighted by atomic mass is 9.99. The van der Waals surface area contributed by atoms with Crippen LogP contribution in [0.3, 0.4) is 0 Å². The van der Waals surface area contributed by atoms with Crippen molar-refractivity contribution in [3.63, 3.8) is 0 Å². The first kappa shape index (κ1) is 27.9. The van der Waals surface area contributed by atoms with Gasteiger partial charge in [-0.3, -0.25) is 4.18 Å². The van der Waals surface area contributed by atoms with Gasteiger partial charge in [0.15, 0.2) is 18.1 Å². The SMILES string of the molecule is CCOC(=O)C(=CN[C@H]1O[C@@H](C)[C@H](OS(C)(=O)=O)[C@H]2OC(c3ccc(OC)cc3)O[C@H]21)C(=O)OCC.